The van der Waals surface area contributed by atoms with Crippen LogP contribution in [-0.4, -0.2) is 108 Å². The zero-order valence-corrected chi connectivity index (χ0v) is 42.3. The average Bonchev–Trinajstić information content (AvgIpc) is 3.29. The molecule has 9 N–H and O–H groups in total. The lowest BCUT2D eigenvalue weighted by Crippen LogP contribution is -2.64. The lowest BCUT2D eigenvalue weighted by atomic mass is 9.85. The van der Waals surface area contributed by atoms with Crippen molar-refractivity contribution in [2.75, 3.05) is 6.61 Å². The van der Waals surface area contributed by atoms with Crippen LogP contribution in [0.3, 0.4) is 0 Å². The Morgan fingerprint density at radius 2 is 0.894 bits per heavy atom. The van der Waals surface area contributed by atoms with E-state index >= 15 is 0 Å². The van der Waals surface area contributed by atoms with Crippen LogP contribution in [0.15, 0.2) is 36.5 Å². The van der Waals surface area contributed by atoms with Crippen LogP contribution in [0, 0.1) is 0 Å². The Labute approximate surface area is 400 Å². The normalized spacial score (nSPS) is 22.6. The maximum Gasteiger partial charge on any atom is 0.472 e. The van der Waals surface area contributed by atoms with Gasteiger partial charge in [0.2, 0.25) is 5.91 Å². The number of carbonyl (C=O) groups excluding carboxylic acids is 1. The molecule has 0 aromatic carbocycles. The molecule has 0 aromatic heterocycles. The molecule has 1 saturated carbocycles. The number of nitrogens with one attached hydrogen (secondary N) is 1. The standard InChI is InChI=1S/C52H98NO12P/c1-3-5-7-9-11-13-15-17-19-21-22-24-25-27-29-31-33-35-37-39-43(54)41-46(56)53-44(42-64-66(62,63)65-52-50(60)48(58)47(57)49(59)51(52)61)45(55)40-38-36-34-32-30-28-26-23-20-18-16-14-12-10-8-6-4-2/h20,23,30,32,38,40,43-45,47-52,54-55,57-61H,3-19,21-22,24-29,31,33-37,39,41-42H2,1-2H3,(H,53,56)(H,62,63)/b23-20+,32-30+,40-38+. The van der Waals surface area contributed by atoms with Gasteiger partial charge in [0, 0.05) is 0 Å². The van der Waals surface area contributed by atoms with Gasteiger partial charge in [-0.05, 0) is 44.9 Å². The Morgan fingerprint density at radius 1 is 0.530 bits per heavy atom. The summed E-state index contributed by atoms with van der Waals surface area (Å²) >= 11 is 0. The molecule has 14 heteroatoms. The first-order valence-corrected chi connectivity index (χ1v) is 28.0. The minimum atomic E-state index is -5.16. The predicted octanol–water partition coefficient (Wildman–Crippen LogP) is 10.1. The Kier molecular flexibility index (Phi) is 39.1. The minimum absolute atomic E-state index is 0.253. The monoisotopic (exact) mass is 960 g/mol. The molecule has 8 atom stereocenters. The number of hydrogen-bond donors (Lipinski definition) is 9. The number of rotatable bonds is 44. The van der Waals surface area contributed by atoms with Crippen molar-refractivity contribution in [3.05, 3.63) is 36.5 Å². The molecule has 0 heterocycles. The summed E-state index contributed by atoms with van der Waals surface area (Å²) in [5, 5.41) is 74.7. The number of phosphoric acid groups is 1. The highest BCUT2D eigenvalue weighted by atomic mass is 31.2. The summed E-state index contributed by atoms with van der Waals surface area (Å²) in [6, 6.07) is -1.26. The molecule has 0 bridgehead atoms. The Morgan fingerprint density at radius 3 is 1.33 bits per heavy atom. The van der Waals surface area contributed by atoms with E-state index in [4.69, 9.17) is 9.05 Å². The van der Waals surface area contributed by atoms with E-state index < -0.39 is 75.2 Å². The Hall–Kier alpha value is -1.48. The summed E-state index contributed by atoms with van der Waals surface area (Å²) in [4.78, 5) is 23.5. The van der Waals surface area contributed by atoms with Crippen LogP contribution in [-0.2, 0) is 18.4 Å². The van der Waals surface area contributed by atoms with E-state index in [0.717, 1.165) is 44.9 Å². The highest BCUT2D eigenvalue weighted by Gasteiger charge is 2.51. The molecule has 66 heavy (non-hydrogen) atoms. The van der Waals surface area contributed by atoms with Crippen LogP contribution in [0.5, 0.6) is 0 Å². The number of amides is 1. The van der Waals surface area contributed by atoms with Crippen molar-refractivity contribution in [1.82, 2.24) is 5.32 Å². The van der Waals surface area contributed by atoms with Crippen molar-refractivity contribution in [2.24, 2.45) is 0 Å². The topological polar surface area (TPSA) is 226 Å². The third kappa shape index (κ3) is 32.4. The molecule has 0 aliphatic heterocycles. The fourth-order valence-electron chi connectivity index (χ4n) is 8.39. The van der Waals surface area contributed by atoms with Crippen molar-refractivity contribution in [1.29, 1.82) is 0 Å². The van der Waals surface area contributed by atoms with Gasteiger partial charge in [0.05, 0.1) is 31.3 Å². The second-order valence-electron chi connectivity index (χ2n) is 18.9. The zero-order chi connectivity index (χ0) is 48.7. The van der Waals surface area contributed by atoms with Gasteiger partial charge in [-0.1, -0.05) is 211 Å². The summed E-state index contributed by atoms with van der Waals surface area (Å²) in [6.45, 7) is 3.75. The highest BCUT2D eigenvalue weighted by molar-refractivity contribution is 7.47. The second kappa shape index (κ2) is 41.3. The number of hydrogen-bond acceptors (Lipinski definition) is 11. The minimum Gasteiger partial charge on any atom is -0.393 e. The SMILES string of the molecule is CCCCCCCCC/C=C/CC/C=C/CC/C=C/C(O)C(COP(=O)(O)OC1C(O)C(O)C(O)C(O)C1O)NC(=O)CC(O)CCCCCCCCCCCCCCCCCCCCC. The van der Waals surface area contributed by atoms with E-state index in [2.05, 4.69) is 43.5 Å². The van der Waals surface area contributed by atoms with Crippen molar-refractivity contribution in [2.45, 2.75) is 281 Å². The van der Waals surface area contributed by atoms with E-state index in [1.807, 2.05) is 0 Å². The van der Waals surface area contributed by atoms with Crippen LogP contribution < -0.4 is 5.32 Å². The van der Waals surface area contributed by atoms with Crippen molar-refractivity contribution >= 4 is 13.7 Å². The van der Waals surface area contributed by atoms with E-state index in [-0.39, 0.29) is 6.42 Å². The predicted molar refractivity (Wildman–Crippen MR) is 266 cm³/mol. The number of carbonyl (C=O) groups is 1. The van der Waals surface area contributed by atoms with Crippen LogP contribution in [0.1, 0.15) is 226 Å². The molecule has 1 fully saturated rings. The summed E-state index contributed by atoms with van der Waals surface area (Å²) < 4.78 is 22.9. The third-order valence-corrected chi connectivity index (χ3v) is 13.7. The van der Waals surface area contributed by atoms with Crippen LogP contribution >= 0.6 is 7.82 Å². The molecule has 388 valence electrons. The van der Waals surface area contributed by atoms with Gasteiger partial charge in [-0.3, -0.25) is 13.8 Å². The maximum atomic E-state index is 13.0. The van der Waals surface area contributed by atoms with Crippen LogP contribution in [0.25, 0.3) is 0 Å². The number of phosphoric ester groups is 1. The summed E-state index contributed by atoms with van der Waals surface area (Å²) in [7, 11) is -5.16. The average molecular weight is 960 g/mol. The zero-order valence-electron chi connectivity index (χ0n) is 41.4. The molecule has 1 amide bonds. The van der Waals surface area contributed by atoms with E-state index in [1.165, 1.54) is 147 Å². The van der Waals surface area contributed by atoms with Gasteiger partial charge >= 0.3 is 7.82 Å². The number of aliphatic hydroxyl groups is 7. The Balaban J connectivity index is 2.49. The van der Waals surface area contributed by atoms with Crippen molar-refractivity contribution in [3.8, 4) is 0 Å². The van der Waals surface area contributed by atoms with Crippen molar-refractivity contribution < 1.29 is 59.0 Å². The molecular formula is C52H98NO12P. The molecule has 0 saturated heterocycles. The van der Waals surface area contributed by atoms with Gasteiger partial charge in [0.25, 0.3) is 0 Å². The van der Waals surface area contributed by atoms with E-state index in [9.17, 15) is 50.0 Å². The van der Waals surface area contributed by atoms with Crippen LogP contribution in [0.2, 0.25) is 0 Å². The van der Waals surface area contributed by atoms with E-state index in [0.29, 0.717) is 19.3 Å². The molecule has 1 aliphatic carbocycles. The molecular weight excluding hydrogens is 862 g/mol. The second-order valence-corrected chi connectivity index (χ2v) is 20.3. The first-order valence-electron chi connectivity index (χ1n) is 26.5. The lowest BCUT2D eigenvalue weighted by molar-refractivity contribution is -0.220. The van der Waals surface area contributed by atoms with Gasteiger partial charge in [-0.15, -0.1) is 0 Å². The van der Waals surface area contributed by atoms with E-state index in [1.54, 1.807) is 6.08 Å². The maximum absolute atomic E-state index is 13.0. The summed E-state index contributed by atoms with van der Waals surface area (Å²) in [6.07, 6.45) is 35.1. The molecule has 13 nitrogen and oxygen atoms in total. The number of unbranched alkanes of at least 4 members (excludes halogenated alkanes) is 27. The smallest absolute Gasteiger partial charge is 0.393 e. The molecule has 8 unspecified atom stereocenters. The Bertz CT molecular complexity index is 1270. The largest absolute Gasteiger partial charge is 0.472 e. The molecule has 0 radical (unpaired) electrons. The van der Waals surface area contributed by atoms with Gasteiger partial charge in [-0.2, -0.15) is 0 Å². The fraction of sp³-hybridized carbons (Fsp3) is 0.865. The van der Waals surface area contributed by atoms with Gasteiger partial charge in [0.15, 0.2) is 0 Å². The number of allylic oxidation sites excluding steroid dienone is 5. The molecule has 1 rings (SSSR count). The molecule has 0 aromatic rings. The third-order valence-electron chi connectivity index (χ3n) is 12.7. The quantitative estimate of drug-likeness (QED) is 0.0158. The number of aliphatic hydroxyl groups excluding tert-OH is 7. The highest BCUT2D eigenvalue weighted by Crippen LogP contribution is 2.47. The summed E-state index contributed by atoms with van der Waals surface area (Å²) in [5.41, 5.74) is 0. The van der Waals surface area contributed by atoms with Gasteiger partial charge < -0.3 is 46.0 Å². The summed E-state index contributed by atoms with van der Waals surface area (Å²) in [5.74, 6) is -0.604. The molecule has 1 aliphatic rings. The van der Waals surface area contributed by atoms with Gasteiger partial charge in [0.1, 0.15) is 36.6 Å². The van der Waals surface area contributed by atoms with Crippen molar-refractivity contribution in [3.63, 3.8) is 0 Å². The first kappa shape index (κ1) is 62.5. The van der Waals surface area contributed by atoms with Crippen LogP contribution in [0.4, 0.5) is 0 Å². The molecule has 0 spiro atoms. The van der Waals surface area contributed by atoms with Gasteiger partial charge in [-0.25, -0.2) is 4.57 Å². The lowest BCUT2D eigenvalue weighted by Gasteiger charge is -2.41. The fourth-order valence-corrected chi connectivity index (χ4v) is 9.36. The first-order chi connectivity index (χ1) is 31.8.